The Hall–Kier alpha value is -8.95. The topological polar surface area (TPSA) is 302 Å². The molecule has 8 amide bonds. The molecule has 0 saturated carbocycles. The zero-order valence-electron chi connectivity index (χ0n) is 42.6. The molecule has 4 aromatic heterocycles. The number of amides is 8. The van der Waals surface area contributed by atoms with Gasteiger partial charge in [0.2, 0.25) is 17.7 Å². The number of primary amides is 1. The van der Waals surface area contributed by atoms with Gasteiger partial charge in [-0.1, -0.05) is 44.5 Å². The number of hydrogen-bond donors (Lipinski definition) is 8. The number of aryl methyl sites for hydroxylation is 1. The van der Waals surface area contributed by atoms with E-state index < -0.39 is 36.0 Å². The van der Waals surface area contributed by atoms with Gasteiger partial charge in [0, 0.05) is 66.5 Å². The number of rotatable bonds is 24. The van der Waals surface area contributed by atoms with Crippen molar-refractivity contribution in [1.82, 2.24) is 55.7 Å². The first-order chi connectivity index (χ1) is 36.6. The molecule has 1 aliphatic carbocycles. The smallest absolute Gasteiger partial charge is 0.407 e. The van der Waals surface area contributed by atoms with Crippen molar-refractivity contribution >= 4 is 58.7 Å². The zero-order valence-corrected chi connectivity index (χ0v) is 42.6. The Labute approximate surface area is 438 Å². The van der Waals surface area contributed by atoms with Crippen LogP contribution < -0.4 is 37.6 Å². The van der Waals surface area contributed by atoms with E-state index in [4.69, 9.17) is 20.4 Å². The number of anilines is 2. The minimum absolute atomic E-state index is 0.0226. The van der Waals surface area contributed by atoms with Gasteiger partial charge in [0.05, 0.1) is 23.6 Å². The lowest BCUT2D eigenvalue weighted by atomic mass is 10.0. The number of carbonyl (C=O) groups is 7. The minimum atomic E-state index is -1.04. The number of urea groups is 1. The molecule has 6 aromatic rings. The van der Waals surface area contributed by atoms with E-state index >= 15 is 0 Å². The maximum Gasteiger partial charge on any atom is 0.407 e. The van der Waals surface area contributed by atoms with Gasteiger partial charge in [-0.25, -0.2) is 24.1 Å². The number of hydrogen-bond acceptors (Lipinski definition) is 13. The molecule has 0 bridgehead atoms. The number of benzene rings is 2. The first kappa shape index (κ1) is 53.3. The third kappa shape index (κ3) is 14.2. The lowest BCUT2D eigenvalue weighted by molar-refractivity contribution is -0.137. The van der Waals surface area contributed by atoms with Crippen molar-refractivity contribution in [3.8, 4) is 22.6 Å². The summed E-state index contributed by atoms with van der Waals surface area (Å²) in [5.74, 6) is -1.74. The van der Waals surface area contributed by atoms with Crippen LogP contribution in [0.25, 0.3) is 28.3 Å². The number of imide groups is 1. The number of H-pyrrole nitrogens is 1. The van der Waals surface area contributed by atoms with Crippen LogP contribution in [0.5, 0.6) is 0 Å². The van der Waals surface area contributed by atoms with E-state index in [2.05, 4.69) is 59.1 Å². The highest BCUT2D eigenvalue weighted by atomic mass is 16.5. The van der Waals surface area contributed by atoms with Crippen LogP contribution in [0.4, 0.5) is 21.0 Å². The highest BCUT2D eigenvalue weighted by Gasteiger charge is 2.30. The van der Waals surface area contributed by atoms with Gasteiger partial charge >= 0.3 is 12.1 Å². The highest BCUT2D eigenvalue weighted by Crippen LogP contribution is 2.31. The molecule has 3 atom stereocenters. The van der Waals surface area contributed by atoms with Crippen molar-refractivity contribution in [3.63, 3.8) is 0 Å². The van der Waals surface area contributed by atoms with Crippen LogP contribution in [-0.4, -0.2) is 107 Å². The molecule has 9 N–H and O–H groups in total. The first-order valence-electron chi connectivity index (χ1n) is 25.3. The Balaban J connectivity index is 0.791. The van der Waals surface area contributed by atoms with E-state index in [-0.39, 0.29) is 62.2 Å². The fourth-order valence-corrected chi connectivity index (χ4v) is 9.04. The van der Waals surface area contributed by atoms with Gasteiger partial charge in [-0.3, -0.25) is 33.9 Å². The van der Waals surface area contributed by atoms with E-state index in [0.29, 0.717) is 56.3 Å². The lowest BCUT2D eigenvalue weighted by Gasteiger charge is -2.25. The number of unbranched alkanes of at least 4 members (excludes halogenated alkanes) is 2. The van der Waals surface area contributed by atoms with Crippen molar-refractivity contribution in [2.24, 2.45) is 11.7 Å². The number of nitrogens with one attached hydrogen (secondary N) is 7. The largest absolute Gasteiger partial charge is 0.445 e. The monoisotopic (exact) mass is 1030 g/mol. The number of aromatic nitrogens is 6. The summed E-state index contributed by atoms with van der Waals surface area (Å²) in [6.07, 6.45) is 8.75. The molecular formula is C54H62N14O8. The summed E-state index contributed by atoms with van der Waals surface area (Å²) in [6, 6.07) is 19.8. The number of nitrogens with zero attached hydrogens (tertiary/aromatic N) is 6. The Morgan fingerprint density at radius 1 is 0.855 bits per heavy atom. The predicted octanol–water partition coefficient (Wildman–Crippen LogP) is 4.99. The Bertz CT molecular complexity index is 3110. The van der Waals surface area contributed by atoms with Crippen molar-refractivity contribution < 1.29 is 38.3 Å². The molecule has 22 nitrogen and oxygen atoms in total. The normalized spacial score (nSPS) is 14.6. The van der Waals surface area contributed by atoms with Gasteiger partial charge in [0.15, 0.2) is 5.65 Å². The molecule has 0 saturated heterocycles. The number of nitrogens with two attached hydrogens (primary N) is 1. The predicted molar refractivity (Wildman–Crippen MR) is 282 cm³/mol. The molecule has 2 aromatic carbocycles. The standard InChI is InChI=1S/C54H62N14O8/c1-32(2)48(66-45(69)12-5-4-6-24-67-46(70)21-22-47(67)71)52(73)63-42(11-8-23-56-53(55)74)51(72)61-38-17-13-34(14-18-38)30-76-54(75)62-40-25-35-15-19-39(26-37(35)27-40)57-28-43-64-49(36-16-20-44-58-31-59-68(44)29-36)50(65-43)41-10-7-9-33(3)60-41/h7,9-10,13-22,26,29,31-32,40,42,48,57H,4-6,8,11-12,23-25,27-28,30H2,1-3H3,(H,61,72)(H,62,75)(H,63,73)(H,64,65)(H,66,69)(H3,55,56,74). The Morgan fingerprint density at radius 3 is 2.39 bits per heavy atom. The summed E-state index contributed by atoms with van der Waals surface area (Å²) in [4.78, 5) is 107. The third-order valence-corrected chi connectivity index (χ3v) is 13.0. The molecular weight excluding hydrogens is 973 g/mol. The molecule has 2 aliphatic rings. The average molecular weight is 1040 g/mol. The van der Waals surface area contributed by atoms with E-state index in [0.717, 1.165) is 61.5 Å². The van der Waals surface area contributed by atoms with Gasteiger partial charge in [0.25, 0.3) is 11.8 Å². The summed E-state index contributed by atoms with van der Waals surface area (Å²) in [5.41, 5.74) is 14.3. The SMILES string of the molecule is Cc1cccc(-c2[nH]c(CNc3ccc4c(c3)CC(NC(=O)OCc3ccc(NC(=O)C(CCCNC(N)=O)NC(=O)C(NC(=O)CCCCCN5C(=O)C=CC5=O)C(C)C)cc3)C4)nc2-c2ccc3ncnn3c2)n1. The van der Waals surface area contributed by atoms with Crippen molar-refractivity contribution in [1.29, 1.82) is 0 Å². The number of fused-ring (bicyclic) bond motifs is 2. The third-order valence-electron chi connectivity index (χ3n) is 13.0. The van der Waals surface area contributed by atoms with E-state index in [9.17, 15) is 33.6 Å². The molecule has 1 aliphatic heterocycles. The fourth-order valence-electron chi connectivity index (χ4n) is 9.04. The summed E-state index contributed by atoms with van der Waals surface area (Å²) in [6.45, 7) is 6.32. The zero-order chi connectivity index (χ0) is 53.7. The van der Waals surface area contributed by atoms with E-state index in [1.807, 2.05) is 49.5 Å². The van der Waals surface area contributed by atoms with Crippen LogP contribution in [0.3, 0.4) is 0 Å². The summed E-state index contributed by atoms with van der Waals surface area (Å²) >= 11 is 0. The van der Waals surface area contributed by atoms with Crippen LogP contribution in [0.2, 0.25) is 0 Å². The van der Waals surface area contributed by atoms with Gasteiger partial charge in [0.1, 0.15) is 30.8 Å². The second-order valence-corrected chi connectivity index (χ2v) is 19.2. The van der Waals surface area contributed by atoms with Crippen molar-refractivity contribution in [3.05, 3.63) is 126 Å². The van der Waals surface area contributed by atoms with Gasteiger partial charge in [-0.05, 0) is 117 Å². The number of imidazole rings is 1. The number of aromatic amines is 1. The summed E-state index contributed by atoms with van der Waals surface area (Å²) < 4.78 is 7.30. The number of pyridine rings is 2. The minimum Gasteiger partial charge on any atom is -0.445 e. The van der Waals surface area contributed by atoms with Crippen LogP contribution in [0.15, 0.2) is 97.5 Å². The van der Waals surface area contributed by atoms with Crippen molar-refractivity contribution in [2.75, 3.05) is 23.7 Å². The number of alkyl carbamates (subject to hydrolysis) is 1. The van der Waals surface area contributed by atoms with E-state index in [1.54, 1.807) is 42.6 Å². The molecule has 22 heteroatoms. The first-order valence-corrected chi connectivity index (χ1v) is 25.3. The summed E-state index contributed by atoms with van der Waals surface area (Å²) in [7, 11) is 0. The molecule has 76 heavy (non-hydrogen) atoms. The van der Waals surface area contributed by atoms with Crippen LogP contribution in [0.1, 0.15) is 80.6 Å². The molecule has 0 fully saturated rings. The molecule has 5 heterocycles. The Morgan fingerprint density at radius 2 is 1.63 bits per heavy atom. The van der Waals surface area contributed by atoms with Crippen molar-refractivity contribution in [2.45, 2.75) is 103 Å². The van der Waals surface area contributed by atoms with Crippen LogP contribution in [-0.2, 0) is 54.7 Å². The molecule has 3 unspecified atom stereocenters. The molecule has 0 radical (unpaired) electrons. The summed E-state index contributed by atoms with van der Waals surface area (Å²) in [5, 5.41) is 21.6. The van der Waals surface area contributed by atoms with Crippen LogP contribution in [0, 0.1) is 12.8 Å². The molecule has 396 valence electrons. The molecule has 8 rings (SSSR count). The second-order valence-electron chi connectivity index (χ2n) is 19.2. The van der Waals surface area contributed by atoms with Gasteiger partial charge < -0.3 is 47.4 Å². The highest BCUT2D eigenvalue weighted by molar-refractivity contribution is 6.12. The number of ether oxygens (including phenoxy) is 1. The average Bonchev–Trinajstić information content (AvgIpc) is 4.21. The van der Waals surface area contributed by atoms with Gasteiger partial charge in [-0.15, -0.1) is 0 Å². The fraction of sp³-hybridized carbons (Fsp3) is 0.352. The Kier molecular flexibility index (Phi) is 17.4. The van der Waals surface area contributed by atoms with E-state index in [1.165, 1.54) is 18.5 Å². The van der Waals surface area contributed by atoms with Gasteiger partial charge in [-0.2, -0.15) is 5.10 Å². The maximum atomic E-state index is 13.7. The quantitative estimate of drug-likeness (QED) is 0.0293. The number of carbonyl (C=O) groups excluding carboxylic acids is 7. The second kappa shape index (κ2) is 24.9. The lowest BCUT2D eigenvalue weighted by Crippen LogP contribution is -2.54. The maximum absolute atomic E-state index is 13.7. The molecule has 0 spiro atoms. The van der Waals surface area contributed by atoms with Crippen LogP contribution >= 0.6 is 0 Å².